The van der Waals surface area contributed by atoms with Gasteiger partial charge in [0, 0.05) is 35.5 Å². The van der Waals surface area contributed by atoms with Gasteiger partial charge in [-0.25, -0.2) is 4.79 Å². The minimum Gasteiger partial charge on any atom is -0.488 e. The molecule has 2 heterocycles. The smallest absolute Gasteiger partial charge is 0.326 e. The average Bonchev–Trinajstić information content (AvgIpc) is 2.73. The Hall–Kier alpha value is -3.67. The second-order valence-corrected chi connectivity index (χ2v) is 6.59. The fourth-order valence-electron chi connectivity index (χ4n) is 3.26. The van der Waals surface area contributed by atoms with Gasteiger partial charge in [-0.1, -0.05) is 30.3 Å². The van der Waals surface area contributed by atoms with E-state index in [0.29, 0.717) is 17.9 Å². The molecule has 2 aromatic carbocycles. The van der Waals surface area contributed by atoms with Crippen molar-refractivity contribution in [3.8, 4) is 16.9 Å². The van der Waals surface area contributed by atoms with Crippen LogP contribution in [0.1, 0.15) is 21.5 Å². The number of nitrogens with one attached hydrogen (secondary N) is 1. The van der Waals surface area contributed by atoms with E-state index in [4.69, 9.17) is 4.74 Å². The van der Waals surface area contributed by atoms with Crippen LogP contribution < -0.4 is 10.1 Å². The van der Waals surface area contributed by atoms with Gasteiger partial charge in [0.05, 0.1) is 0 Å². The lowest BCUT2D eigenvalue weighted by molar-refractivity contribution is -0.139. The van der Waals surface area contributed by atoms with Crippen molar-refractivity contribution in [2.45, 2.75) is 19.1 Å². The maximum Gasteiger partial charge on any atom is 0.326 e. The van der Waals surface area contributed by atoms with Crippen LogP contribution in [0, 0.1) is 0 Å². The highest BCUT2D eigenvalue weighted by atomic mass is 16.5. The van der Waals surface area contributed by atoms with Crippen molar-refractivity contribution in [3.05, 3.63) is 83.7 Å². The maximum atomic E-state index is 12.6. The number of fused-ring (bicyclic) bond motifs is 3. The summed E-state index contributed by atoms with van der Waals surface area (Å²) in [5.74, 6) is -0.926. The summed E-state index contributed by atoms with van der Waals surface area (Å²) in [7, 11) is 0. The summed E-state index contributed by atoms with van der Waals surface area (Å²) in [6.45, 7) is 0.382. The number of carbonyl (C=O) groups is 2. The molecule has 0 aliphatic carbocycles. The summed E-state index contributed by atoms with van der Waals surface area (Å²) < 4.78 is 5.75. The van der Waals surface area contributed by atoms with E-state index in [-0.39, 0.29) is 6.42 Å². The number of aromatic nitrogens is 1. The first-order chi connectivity index (χ1) is 13.6. The van der Waals surface area contributed by atoms with Crippen molar-refractivity contribution in [2.75, 3.05) is 0 Å². The Bertz CT molecular complexity index is 1030. The molecule has 1 amide bonds. The molecule has 1 aliphatic rings. The molecule has 1 aromatic heterocycles. The SMILES string of the molecule is O=C(NC(Cc1ccccc1)C(=O)O)c1ccc2c(c1)OCc1cnccc1-2. The number of nitrogens with zero attached hydrogens (tertiary/aromatic N) is 1. The number of carbonyl (C=O) groups excluding carboxylic acids is 1. The molecule has 0 saturated carbocycles. The van der Waals surface area contributed by atoms with Gasteiger partial charge in [-0.3, -0.25) is 9.78 Å². The Morgan fingerprint density at radius 2 is 1.93 bits per heavy atom. The van der Waals surface area contributed by atoms with Gasteiger partial charge >= 0.3 is 5.97 Å². The second kappa shape index (κ2) is 7.52. The largest absolute Gasteiger partial charge is 0.488 e. The molecule has 0 radical (unpaired) electrons. The molecule has 3 aromatic rings. The van der Waals surface area contributed by atoms with Crippen LogP contribution in [0.3, 0.4) is 0 Å². The number of benzene rings is 2. The van der Waals surface area contributed by atoms with E-state index < -0.39 is 17.9 Å². The molecule has 0 fully saturated rings. The fourth-order valence-corrected chi connectivity index (χ4v) is 3.26. The number of ether oxygens (including phenoxy) is 1. The number of amides is 1. The second-order valence-electron chi connectivity index (χ2n) is 6.59. The zero-order valence-electron chi connectivity index (χ0n) is 15.0. The number of aliphatic carboxylic acids is 1. The summed E-state index contributed by atoms with van der Waals surface area (Å²) in [6.07, 6.45) is 3.69. The first-order valence-electron chi connectivity index (χ1n) is 8.89. The Balaban J connectivity index is 1.54. The zero-order valence-corrected chi connectivity index (χ0v) is 15.0. The summed E-state index contributed by atoms with van der Waals surface area (Å²) in [5.41, 5.74) is 4.10. The van der Waals surface area contributed by atoms with Gasteiger partial charge in [-0.05, 0) is 35.4 Å². The molecule has 6 heteroatoms. The summed E-state index contributed by atoms with van der Waals surface area (Å²) >= 11 is 0. The Morgan fingerprint density at radius 3 is 2.71 bits per heavy atom. The molecular weight excluding hydrogens is 356 g/mol. The van der Waals surface area contributed by atoms with Gasteiger partial charge in [-0.15, -0.1) is 0 Å². The Morgan fingerprint density at radius 1 is 1.11 bits per heavy atom. The lowest BCUT2D eigenvalue weighted by atomic mass is 9.97. The van der Waals surface area contributed by atoms with Gasteiger partial charge in [0.1, 0.15) is 18.4 Å². The molecule has 0 bridgehead atoms. The minimum atomic E-state index is -1.08. The standard InChI is InChI=1S/C22H18N2O4/c25-21(24-19(22(26)27)10-14-4-2-1-3-5-14)15-6-7-18-17-8-9-23-12-16(17)13-28-20(18)11-15/h1-9,11-12,19H,10,13H2,(H,24,25)(H,26,27). The molecule has 0 saturated heterocycles. The van der Waals surface area contributed by atoms with E-state index in [1.165, 1.54) is 0 Å². The topological polar surface area (TPSA) is 88.5 Å². The average molecular weight is 374 g/mol. The molecule has 2 N–H and O–H groups in total. The van der Waals surface area contributed by atoms with Crippen LogP contribution >= 0.6 is 0 Å². The molecule has 28 heavy (non-hydrogen) atoms. The molecule has 4 rings (SSSR count). The van der Waals surface area contributed by atoms with Gasteiger partial charge in [0.15, 0.2) is 0 Å². The third kappa shape index (κ3) is 3.57. The number of pyridine rings is 1. The molecule has 1 atom stereocenters. The molecule has 0 spiro atoms. The number of carboxylic acid groups (broad SMARTS) is 1. The van der Waals surface area contributed by atoms with Crippen molar-refractivity contribution in [3.63, 3.8) is 0 Å². The third-order valence-corrected chi connectivity index (χ3v) is 4.71. The highest BCUT2D eigenvalue weighted by Crippen LogP contribution is 2.37. The van der Waals surface area contributed by atoms with Crippen LogP contribution in [-0.2, 0) is 17.8 Å². The van der Waals surface area contributed by atoms with Crippen molar-refractivity contribution >= 4 is 11.9 Å². The van der Waals surface area contributed by atoms with Gasteiger partial charge in [0.2, 0.25) is 0 Å². The Labute approximate surface area is 161 Å². The molecule has 1 aliphatic heterocycles. The highest BCUT2D eigenvalue weighted by molar-refractivity contribution is 5.98. The van der Waals surface area contributed by atoms with E-state index in [1.54, 1.807) is 24.5 Å². The van der Waals surface area contributed by atoms with Crippen LogP contribution in [0.5, 0.6) is 5.75 Å². The molecule has 140 valence electrons. The van der Waals surface area contributed by atoms with Crippen molar-refractivity contribution in [1.29, 1.82) is 0 Å². The lowest BCUT2D eigenvalue weighted by Gasteiger charge is -2.21. The molecular formula is C22H18N2O4. The predicted molar refractivity (Wildman–Crippen MR) is 103 cm³/mol. The van der Waals surface area contributed by atoms with E-state index in [9.17, 15) is 14.7 Å². The van der Waals surface area contributed by atoms with Crippen LogP contribution in [-0.4, -0.2) is 28.0 Å². The number of rotatable bonds is 5. The van der Waals surface area contributed by atoms with Crippen molar-refractivity contribution < 1.29 is 19.4 Å². The van der Waals surface area contributed by atoms with Crippen LogP contribution in [0.25, 0.3) is 11.1 Å². The number of hydrogen-bond donors (Lipinski definition) is 2. The van der Waals surface area contributed by atoms with E-state index in [0.717, 1.165) is 22.3 Å². The lowest BCUT2D eigenvalue weighted by Crippen LogP contribution is -2.42. The molecule has 1 unspecified atom stereocenters. The van der Waals surface area contributed by atoms with Crippen LogP contribution in [0.15, 0.2) is 67.0 Å². The fraction of sp³-hybridized carbons (Fsp3) is 0.136. The van der Waals surface area contributed by atoms with E-state index in [2.05, 4.69) is 10.3 Å². The van der Waals surface area contributed by atoms with Gasteiger partial charge < -0.3 is 15.2 Å². The number of hydrogen-bond acceptors (Lipinski definition) is 4. The van der Waals surface area contributed by atoms with Crippen LogP contribution in [0.2, 0.25) is 0 Å². The number of carboxylic acids is 1. The summed E-state index contributed by atoms with van der Waals surface area (Å²) in [5, 5.41) is 12.1. The van der Waals surface area contributed by atoms with Gasteiger partial charge in [0.25, 0.3) is 5.91 Å². The van der Waals surface area contributed by atoms with Gasteiger partial charge in [-0.2, -0.15) is 0 Å². The Kier molecular flexibility index (Phi) is 4.76. The normalized spacial score (nSPS) is 12.9. The monoisotopic (exact) mass is 374 g/mol. The first-order valence-corrected chi connectivity index (χ1v) is 8.89. The quantitative estimate of drug-likeness (QED) is 0.717. The highest BCUT2D eigenvalue weighted by Gasteiger charge is 2.23. The van der Waals surface area contributed by atoms with Crippen LogP contribution in [0.4, 0.5) is 0 Å². The molecule has 6 nitrogen and oxygen atoms in total. The first kappa shape index (κ1) is 17.7. The summed E-state index contributed by atoms with van der Waals surface area (Å²) in [4.78, 5) is 28.3. The van der Waals surface area contributed by atoms with Crippen molar-refractivity contribution in [1.82, 2.24) is 10.3 Å². The minimum absolute atomic E-state index is 0.212. The maximum absolute atomic E-state index is 12.6. The third-order valence-electron chi connectivity index (χ3n) is 4.71. The van der Waals surface area contributed by atoms with Crippen molar-refractivity contribution in [2.24, 2.45) is 0 Å². The van der Waals surface area contributed by atoms with E-state index >= 15 is 0 Å². The summed E-state index contributed by atoms with van der Waals surface area (Å²) in [6, 6.07) is 15.2. The predicted octanol–water partition coefficient (Wildman–Crippen LogP) is 3.07. The zero-order chi connectivity index (χ0) is 19.5. The van der Waals surface area contributed by atoms with E-state index in [1.807, 2.05) is 42.5 Å².